The molecule has 3 aromatic heterocycles. The Morgan fingerprint density at radius 1 is 1.11 bits per heavy atom. The van der Waals surface area contributed by atoms with Crippen LogP contribution >= 0.6 is 0 Å². The Morgan fingerprint density at radius 3 is 2.58 bits per heavy atom. The van der Waals surface area contributed by atoms with Gasteiger partial charge in [0.2, 0.25) is 0 Å². The van der Waals surface area contributed by atoms with Gasteiger partial charge in [0.1, 0.15) is 23.4 Å². The first-order valence-electron chi connectivity index (χ1n) is 12.2. The van der Waals surface area contributed by atoms with Crippen LogP contribution in [0.25, 0.3) is 10.9 Å². The highest BCUT2D eigenvalue weighted by atomic mass is 19.1. The molecule has 9 nitrogen and oxygen atoms in total. The van der Waals surface area contributed by atoms with Gasteiger partial charge in [0.25, 0.3) is 5.56 Å². The highest BCUT2D eigenvalue weighted by molar-refractivity contribution is 5.80. The average molecular weight is 517 g/mol. The molecule has 0 aliphatic carbocycles. The fraction of sp³-hybridized carbons (Fsp3) is 0.286. The van der Waals surface area contributed by atoms with Crippen molar-refractivity contribution in [1.82, 2.24) is 30.1 Å². The van der Waals surface area contributed by atoms with Gasteiger partial charge < -0.3 is 14.1 Å². The van der Waals surface area contributed by atoms with Gasteiger partial charge in [-0.3, -0.25) is 9.69 Å². The highest BCUT2D eigenvalue weighted by Crippen LogP contribution is 2.32. The molecule has 2 aromatic carbocycles. The van der Waals surface area contributed by atoms with E-state index in [4.69, 9.17) is 9.15 Å². The molecular weight excluding hydrogens is 487 g/mol. The zero-order valence-electron chi connectivity index (χ0n) is 21.7. The maximum absolute atomic E-state index is 13.7. The molecule has 0 saturated carbocycles. The minimum atomic E-state index is -0.668. The summed E-state index contributed by atoms with van der Waals surface area (Å²) >= 11 is 0. The number of aromatic amines is 1. The third kappa shape index (κ3) is 5.21. The number of halogens is 1. The van der Waals surface area contributed by atoms with Crippen LogP contribution in [0.3, 0.4) is 0 Å². The Hall–Kier alpha value is -4.31. The molecule has 196 valence electrons. The van der Waals surface area contributed by atoms with Gasteiger partial charge in [0.15, 0.2) is 5.82 Å². The van der Waals surface area contributed by atoms with Crippen LogP contribution in [0.5, 0.6) is 5.75 Å². The first kappa shape index (κ1) is 25.3. The number of aromatic nitrogens is 5. The molecule has 1 N–H and O–H groups in total. The van der Waals surface area contributed by atoms with E-state index in [1.165, 1.54) is 12.1 Å². The number of methoxy groups -OCH3 is 1. The number of benzene rings is 2. The number of fused-ring (bicyclic) bond motifs is 1. The fourth-order valence-corrected chi connectivity index (χ4v) is 4.54. The van der Waals surface area contributed by atoms with Gasteiger partial charge in [0, 0.05) is 23.0 Å². The second kappa shape index (κ2) is 10.2. The smallest absolute Gasteiger partial charge is 0.253 e. The third-order valence-corrected chi connectivity index (χ3v) is 6.35. The maximum Gasteiger partial charge on any atom is 0.253 e. The van der Waals surface area contributed by atoms with Crippen molar-refractivity contribution in [2.24, 2.45) is 0 Å². The number of hydrogen-bond donors (Lipinski definition) is 1. The number of hydrogen-bond acceptors (Lipinski definition) is 7. The van der Waals surface area contributed by atoms with E-state index in [1.807, 2.05) is 51.1 Å². The lowest BCUT2D eigenvalue weighted by atomic mass is 10.0. The molecule has 0 aliphatic heterocycles. The first-order valence-corrected chi connectivity index (χ1v) is 12.2. The molecule has 0 saturated heterocycles. The average Bonchev–Trinajstić information content (AvgIpc) is 3.58. The number of nitrogens with zero attached hydrogens (tertiary/aromatic N) is 5. The van der Waals surface area contributed by atoms with Gasteiger partial charge in [-0.25, -0.2) is 9.07 Å². The maximum atomic E-state index is 13.7. The lowest BCUT2D eigenvalue weighted by molar-refractivity contribution is 0.171. The molecular formula is C28H29FN6O3. The van der Waals surface area contributed by atoms with E-state index in [1.54, 1.807) is 36.3 Å². The lowest BCUT2D eigenvalue weighted by Crippen LogP contribution is -2.37. The molecule has 5 rings (SSSR count). The molecule has 0 fully saturated rings. The van der Waals surface area contributed by atoms with Crippen molar-refractivity contribution in [2.45, 2.75) is 45.4 Å². The van der Waals surface area contributed by atoms with Crippen molar-refractivity contribution in [1.29, 1.82) is 0 Å². The normalized spacial score (nSPS) is 12.8. The van der Waals surface area contributed by atoms with E-state index in [9.17, 15) is 9.18 Å². The predicted octanol–water partition coefficient (Wildman–Crippen LogP) is 4.80. The zero-order valence-corrected chi connectivity index (χ0v) is 21.7. The quantitative estimate of drug-likeness (QED) is 0.316. The van der Waals surface area contributed by atoms with Gasteiger partial charge in [-0.15, -0.1) is 5.10 Å². The molecule has 10 heteroatoms. The molecule has 0 aliphatic rings. The fourth-order valence-electron chi connectivity index (χ4n) is 4.54. The van der Waals surface area contributed by atoms with E-state index in [0.717, 1.165) is 10.9 Å². The van der Waals surface area contributed by atoms with Crippen LogP contribution < -0.4 is 10.3 Å². The third-order valence-electron chi connectivity index (χ3n) is 6.35. The number of rotatable bonds is 8. The van der Waals surface area contributed by atoms with Crippen LogP contribution in [0, 0.1) is 5.82 Å². The molecule has 1 atom stereocenters. The van der Waals surface area contributed by atoms with Crippen molar-refractivity contribution in [3.05, 3.63) is 106 Å². The minimum Gasteiger partial charge on any atom is -0.497 e. The molecule has 3 heterocycles. The Kier molecular flexibility index (Phi) is 6.81. The number of pyridine rings is 1. The number of tetrazole rings is 1. The number of ether oxygens (including phenoxy) is 1. The van der Waals surface area contributed by atoms with Crippen LogP contribution in [0.1, 0.15) is 49.5 Å². The molecule has 0 unspecified atom stereocenters. The summed E-state index contributed by atoms with van der Waals surface area (Å²) in [4.78, 5) is 18.7. The highest BCUT2D eigenvalue weighted by Gasteiger charge is 2.34. The summed E-state index contributed by atoms with van der Waals surface area (Å²) in [5, 5.41) is 13.5. The molecule has 0 bridgehead atoms. The molecule has 0 radical (unpaired) electrons. The standard InChI is InChI=1S/C28H29FN6O3/c1-28(2,3)35-26(31-32-33-35)25(23-15-19-14-21(37-4)11-12-24(19)30-27(23)36)34(17-22-6-5-13-38-22)16-18-7-9-20(29)10-8-18/h5-15,25H,16-17H2,1-4H3,(H,30,36)/t25-/m1/s1. The second-order valence-corrected chi connectivity index (χ2v) is 10.1. The Balaban J connectivity index is 1.72. The van der Waals surface area contributed by atoms with Crippen LogP contribution in [0.2, 0.25) is 0 Å². The van der Waals surface area contributed by atoms with Crippen LogP contribution in [-0.2, 0) is 18.6 Å². The van der Waals surface area contributed by atoms with E-state index in [0.29, 0.717) is 41.5 Å². The van der Waals surface area contributed by atoms with E-state index in [2.05, 4.69) is 25.4 Å². The van der Waals surface area contributed by atoms with Crippen LogP contribution in [0.15, 0.2) is 76.1 Å². The monoisotopic (exact) mass is 516 g/mol. The Labute approximate surface area is 218 Å². The molecule has 0 spiro atoms. The van der Waals surface area contributed by atoms with E-state index in [-0.39, 0.29) is 11.4 Å². The largest absolute Gasteiger partial charge is 0.497 e. The van der Waals surface area contributed by atoms with Crippen LogP contribution in [0.4, 0.5) is 4.39 Å². The van der Waals surface area contributed by atoms with E-state index >= 15 is 0 Å². The number of H-pyrrole nitrogens is 1. The van der Waals surface area contributed by atoms with Crippen molar-refractivity contribution >= 4 is 10.9 Å². The number of nitrogens with one attached hydrogen (secondary N) is 1. The topological polar surface area (TPSA) is 102 Å². The zero-order chi connectivity index (χ0) is 26.9. The van der Waals surface area contributed by atoms with E-state index < -0.39 is 11.6 Å². The van der Waals surface area contributed by atoms with Crippen molar-refractivity contribution in [3.8, 4) is 5.75 Å². The van der Waals surface area contributed by atoms with Gasteiger partial charge in [0.05, 0.1) is 25.5 Å². The van der Waals surface area contributed by atoms with Crippen molar-refractivity contribution in [3.63, 3.8) is 0 Å². The first-order chi connectivity index (χ1) is 18.2. The lowest BCUT2D eigenvalue weighted by Gasteiger charge is -2.32. The summed E-state index contributed by atoms with van der Waals surface area (Å²) in [6, 6.07) is 16.6. The second-order valence-electron chi connectivity index (χ2n) is 10.1. The van der Waals surface area contributed by atoms with Crippen molar-refractivity contribution in [2.75, 3.05) is 7.11 Å². The molecule has 38 heavy (non-hydrogen) atoms. The van der Waals surface area contributed by atoms with Crippen molar-refractivity contribution < 1.29 is 13.5 Å². The van der Waals surface area contributed by atoms with Gasteiger partial charge in [-0.1, -0.05) is 12.1 Å². The summed E-state index contributed by atoms with van der Waals surface area (Å²) < 4.78 is 26.5. The minimum absolute atomic E-state index is 0.264. The van der Waals surface area contributed by atoms with Gasteiger partial charge in [-0.05, 0) is 85.3 Å². The summed E-state index contributed by atoms with van der Waals surface area (Å²) in [6.45, 7) is 6.71. The molecule has 0 amide bonds. The summed E-state index contributed by atoms with van der Waals surface area (Å²) in [5.74, 6) is 1.55. The summed E-state index contributed by atoms with van der Waals surface area (Å²) in [7, 11) is 1.60. The Morgan fingerprint density at radius 2 is 1.89 bits per heavy atom. The summed E-state index contributed by atoms with van der Waals surface area (Å²) in [6.07, 6.45) is 1.61. The SMILES string of the molecule is COc1ccc2[nH]c(=O)c([C@H](c3nnnn3C(C)(C)C)N(Cc3ccc(F)cc3)Cc3ccco3)cc2c1. The number of furan rings is 1. The van der Waals surface area contributed by atoms with Gasteiger partial charge in [-0.2, -0.15) is 0 Å². The molecule has 5 aromatic rings. The van der Waals surface area contributed by atoms with Crippen LogP contribution in [-0.4, -0.2) is 37.2 Å². The predicted molar refractivity (Wildman–Crippen MR) is 140 cm³/mol. The summed E-state index contributed by atoms with van der Waals surface area (Å²) in [5.41, 5.74) is 1.27. The Bertz CT molecular complexity index is 1590. The van der Waals surface area contributed by atoms with Gasteiger partial charge >= 0.3 is 0 Å².